The van der Waals surface area contributed by atoms with Gasteiger partial charge in [-0.2, -0.15) is 0 Å². The normalized spacial score (nSPS) is 10.8. The number of aryl methyl sites for hydroxylation is 1. The minimum atomic E-state index is -0.262. The molecule has 0 unspecified atom stereocenters. The number of nitrogens with zero attached hydrogens (tertiary/aromatic N) is 2. The Bertz CT molecular complexity index is 723. The molecule has 0 aliphatic heterocycles. The van der Waals surface area contributed by atoms with Crippen molar-refractivity contribution in [1.29, 1.82) is 0 Å². The Morgan fingerprint density at radius 2 is 1.83 bits per heavy atom. The lowest BCUT2D eigenvalue weighted by Crippen LogP contribution is -1.86. The molecule has 0 aliphatic carbocycles. The molecule has 88 valence electrons. The molecule has 0 fully saturated rings. The lowest BCUT2D eigenvalue weighted by molar-refractivity contribution is 0.629. The zero-order valence-electron chi connectivity index (χ0n) is 9.89. The standard InChI is InChI=1S/C15H11FN2/c1-10-6-11(4-5-17-10)13-7-12-2-3-14(16)8-15(12)18-9-13/h2-9H,1H3. The molecule has 0 saturated heterocycles. The van der Waals surface area contributed by atoms with Crippen molar-refractivity contribution in [3.8, 4) is 11.1 Å². The van der Waals surface area contributed by atoms with Gasteiger partial charge in [0.15, 0.2) is 0 Å². The molecule has 0 atom stereocenters. The van der Waals surface area contributed by atoms with Crippen LogP contribution in [0.25, 0.3) is 22.0 Å². The summed E-state index contributed by atoms with van der Waals surface area (Å²) >= 11 is 0. The van der Waals surface area contributed by atoms with E-state index in [9.17, 15) is 4.39 Å². The smallest absolute Gasteiger partial charge is 0.125 e. The molecule has 0 N–H and O–H groups in total. The van der Waals surface area contributed by atoms with Gasteiger partial charge in [0.25, 0.3) is 0 Å². The number of rotatable bonds is 1. The quantitative estimate of drug-likeness (QED) is 0.645. The molecule has 0 bridgehead atoms. The van der Waals surface area contributed by atoms with Crippen molar-refractivity contribution in [2.45, 2.75) is 6.92 Å². The summed E-state index contributed by atoms with van der Waals surface area (Å²) < 4.78 is 13.1. The maximum Gasteiger partial charge on any atom is 0.125 e. The van der Waals surface area contributed by atoms with E-state index in [2.05, 4.69) is 9.97 Å². The van der Waals surface area contributed by atoms with Crippen LogP contribution in [-0.2, 0) is 0 Å². The highest BCUT2D eigenvalue weighted by molar-refractivity contribution is 5.83. The lowest BCUT2D eigenvalue weighted by atomic mass is 10.1. The van der Waals surface area contributed by atoms with Crippen molar-refractivity contribution in [1.82, 2.24) is 9.97 Å². The molecule has 2 heterocycles. The fraction of sp³-hybridized carbons (Fsp3) is 0.0667. The molecule has 18 heavy (non-hydrogen) atoms. The highest BCUT2D eigenvalue weighted by Crippen LogP contribution is 2.23. The number of fused-ring (bicyclic) bond motifs is 1. The fourth-order valence-electron chi connectivity index (χ4n) is 1.98. The van der Waals surface area contributed by atoms with Crippen molar-refractivity contribution in [2.75, 3.05) is 0 Å². The van der Waals surface area contributed by atoms with Crippen molar-refractivity contribution < 1.29 is 4.39 Å². The van der Waals surface area contributed by atoms with Gasteiger partial charge in [-0.25, -0.2) is 4.39 Å². The van der Waals surface area contributed by atoms with Crippen LogP contribution in [0.3, 0.4) is 0 Å². The van der Waals surface area contributed by atoms with Crippen LogP contribution in [0.15, 0.2) is 48.8 Å². The van der Waals surface area contributed by atoms with Gasteiger partial charge in [-0.1, -0.05) is 0 Å². The second-order valence-corrected chi connectivity index (χ2v) is 4.25. The molecule has 3 rings (SSSR count). The minimum absolute atomic E-state index is 0.262. The van der Waals surface area contributed by atoms with E-state index in [0.29, 0.717) is 5.52 Å². The van der Waals surface area contributed by atoms with Gasteiger partial charge in [0.2, 0.25) is 0 Å². The van der Waals surface area contributed by atoms with E-state index in [1.165, 1.54) is 12.1 Å². The van der Waals surface area contributed by atoms with Crippen LogP contribution >= 0.6 is 0 Å². The predicted octanol–water partition coefficient (Wildman–Crippen LogP) is 3.74. The molecule has 0 radical (unpaired) electrons. The Morgan fingerprint density at radius 1 is 0.944 bits per heavy atom. The number of pyridine rings is 2. The summed E-state index contributed by atoms with van der Waals surface area (Å²) in [6, 6.07) is 10.6. The Labute approximate surface area is 104 Å². The van der Waals surface area contributed by atoms with E-state index in [1.807, 2.05) is 25.1 Å². The molecule has 0 saturated carbocycles. The number of hydrogen-bond donors (Lipinski definition) is 0. The topological polar surface area (TPSA) is 25.8 Å². The number of aromatic nitrogens is 2. The second-order valence-electron chi connectivity index (χ2n) is 4.25. The van der Waals surface area contributed by atoms with Gasteiger partial charge in [0, 0.05) is 35.1 Å². The number of halogens is 1. The molecular formula is C15H11FN2. The largest absolute Gasteiger partial charge is 0.262 e. The average Bonchev–Trinajstić information content (AvgIpc) is 2.38. The molecule has 0 spiro atoms. The zero-order valence-corrected chi connectivity index (χ0v) is 9.89. The molecular weight excluding hydrogens is 227 g/mol. The van der Waals surface area contributed by atoms with Crippen LogP contribution in [0.1, 0.15) is 5.69 Å². The molecule has 0 amide bonds. The van der Waals surface area contributed by atoms with Crippen molar-refractivity contribution in [3.63, 3.8) is 0 Å². The zero-order chi connectivity index (χ0) is 12.5. The predicted molar refractivity (Wildman–Crippen MR) is 69.7 cm³/mol. The first kappa shape index (κ1) is 10.8. The summed E-state index contributed by atoms with van der Waals surface area (Å²) in [4.78, 5) is 8.46. The van der Waals surface area contributed by atoms with E-state index in [-0.39, 0.29) is 5.82 Å². The third kappa shape index (κ3) is 1.95. The molecule has 1 aromatic carbocycles. The summed E-state index contributed by atoms with van der Waals surface area (Å²) in [6.45, 7) is 1.95. The Hall–Kier alpha value is -2.29. The average molecular weight is 238 g/mol. The van der Waals surface area contributed by atoms with E-state index in [1.54, 1.807) is 18.5 Å². The Morgan fingerprint density at radius 3 is 2.67 bits per heavy atom. The van der Waals surface area contributed by atoms with Gasteiger partial charge < -0.3 is 0 Å². The summed E-state index contributed by atoms with van der Waals surface area (Å²) in [5.74, 6) is -0.262. The number of benzene rings is 1. The molecule has 3 aromatic rings. The summed E-state index contributed by atoms with van der Waals surface area (Å²) in [5, 5.41) is 0.934. The maximum atomic E-state index is 13.1. The van der Waals surface area contributed by atoms with E-state index >= 15 is 0 Å². The maximum absolute atomic E-state index is 13.1. The Balaban J connectivity index is 2.16. The van der Waals surface area contributed by atoms with Crippen molar-refractivity contribution in [2.24, 2.45) is 0 Å². The number of hydrogen-bond acceptors (Lipinski definition) is 2. The van der Waals surface area contributed by atoms with E-state index in [0.717, 1.165) is 22.2 Å². The second kappa shape index (κ2) is 4.18. The summed E-state index contributed by atoms with van der Waals surface area (Å²) in [6.07, 6.45) is 3.54. The summed E-state index contributed by atoms with van der Waals surface area (Å²) in [5.41, 5.74) is 3.72. The van der Waals surface area contributed by atoms with Crippen LogP contribution in [-0.4, -0.2) is 9.97 Å². The van der Waals surface area contributed by atoms with Gasteiger partial charge in [-0.15, -0.1) is 0 Å². The summed E-state index contributed by atoms with van der Waals surface area (Å²) in [7, 11) is 0. The van der Waals surface area contributed by atoms with Gasteiger partial charge in [-0.3, -0.25) is 9.97 Å². The lowest BCUT2D eigenvalue weighted by Gasteiger charge is -2.04. The third-order valence-electron chi connectivity index (χ3n) is 2.88. The van der Waals surface area contributed by atoms with Crippen LogP contribution in [0, 0.1) is 12.7 Å². The van der Waals surface area contributed by atoms with Gasteiger partial charge in [0.1, 0.15) is 5.82 Å². The Kier molecular flexibility index (Phi) is 2.52. The van der Waals surface area contributed by atoms with Crippen LogP contribution < -0.4 is 0 Å². The van der Waals surface area contributed by atoms with Crippen LogP contribution in [0.4, 0.5) is 4.39 Å². The molecule has 0 aliphatic rings. The SMILES string of the molecule is Cc1cc(-c2cnc3cc(F)ccc3c2)ccn1. The molecule has 3 heteroatoms. The van der Waals surface area contributed by atoms with Gasteiger partial charge >= 0.3 is 0 Å². The minimum Gasteiger partial charge on any atom is -0.262 e. The molecule has 2 nitrogen and oxygen atoms in total. The van der Waals surface area contributed by atoms with Crippen LogP contribution in [0.2, 0.25) is 0 Å². The van der Waals surface area contributed by atoms with E-state index in [4.69, 9.17) is 0 Å². The fourth-order valence-corrected chi connectivity index (χ4v) is 1.98. The van der Waals surface area contributed by atoms with Gasteiger partial charge in [0.05, 0.1) is 5.52 Å². The van der Waals surface area contributed by atoms with E-state index < -0.39 is 0 Å². The first-order chi connectivity index (χ1) is 8.72. The first-order valence-corrected chi connectivity index (χ1v) is 5.71. The van der Waals surface area contributed by atoms with Crippen LogP contribution in [0.5, 0.6) is 0 Å². The van der Waals surface area contributed by atoms with Crippen molar-refractivity contribution >= 4 is 10.9 Å². The highest BCUT2D eigenvalue weighted by atomic mass is 19.1. The monoisotopic (exact) mass is 238 g/mol. The molecule has 2 aromatic heterocycles. The van der Waals surface area contributed by atoms with Gasteiger partial charge in [-0.05, 0) is 42.8 Å². The first-order valence-electron chi connectivity index (χ1n) is 5.71. The third-order valence-corrected chi connectivity index (χ3v) is 2.88. The van der Waals surface area contributed by atoms with Crippen molar-refractivity contribution in [3.05, 3.63) is 60.3 Å². The highest BCUT2D eigenvalue weighted by Gasteiger charge is 2.02.